The third-order valence-corrected chi connectivity index (χ3v) is 2.24. The average Bonchev–Trinajstić information content (AvgIpc) is 2.57. The number of fused-ring (bicyclic) bond motifs is 1. The van der Waals surface area contributed by atoms with Crippen LogP contribution in [-0.2, 0) is 11.0 Å². The smallest absolute Gasteiger partial charge is 0.335 e. The monoisotopic (exact) mass is 279 g/mol. The Morgan fingerprint density at radius 2 is 2.17 bits per heavy atom. The van der Waals surface area contributed by atoms with E-state index >= 15 is 0 Å². The van der Waals surface area contributed by atoms with Gasteiger partial charge >= 0.3 is 12.1 Å². The van der Waals surface area contributed by atoms with E-state index in [4.69, 9.17) is 11.6 Å². The highest BCUT2D eigenvalue weighted by atomic mass is 35.5. The van der Waals surface area contributed by atoms with Gasteiger partial charge < -0.3 is 4.84 Å². The predicted octanol–water partition coefficient (Wildman–Crippen LogP) is 2.08. The third kappa shape index (κ3) is 2.10. The molecule has 0 fully saturated rings. The van der Waals surface area contributed by atoms with Crippen LogP contribution in [0.25, 0.3) is 11.2 Å². The van der Waals surface area contributed by atoms with Crippen molar-refractivity contribution >= 4 is 28.7 Å². The molecule has 0 unspecified atom stereocenters. The van der Waals surface area contributed by atoms with Crippen LogP contribution in [0.4, 0.5) is 13.2 Å². The van der Waals surface area contributed by atoms with E-state index in [-0.39, 0.29) is 20.9 Å². The maximum atomic E-state index is 12.7. The highest BCUT2D eigenvalue weighted by Gasteiger charge is 2.40. The molecule has 2 aromatic rings. The third-order valence-electron chi connectivity index (χ3n) is 1.94. The number of hydrogen-bond donors (Lipinski definition) is 0. The molecule has 0 saturated carbocycles. The van der Waals surface area contributed by atoms with Gasteiger partial charge in [0.15, 0.2) is 5.65 Å². The normalized spacial score (nSPS) is 11.8. The molecule has 0 N–H and O–H groups in total. The maximum Gasteiger partial charge on any atom is 0.453 e. The van der Waals surface area contributed by atoms with Gasteiger partial charge in [-0.25, -0.2) is 14.8 Å². The fourth-order valence-electron chi connectivity index (χ4n) is 1.34. The molecule has 0 amide bonds. The minimum atomic E-state index is -4.79. The number of pyridine rings is 1. The summed E-state index contributed by atoms with van der Waals surface area (Å²) in [5.74, 6) is -2.33. The van der Waals surface area contributed by atoms with Crippen molar-refractivity contribution in [3.8, 4) is 0 Å². The molecule has 0 atom stereocenters. The molecule has 2 rings (SSSR count). The van der Waals surface area contributed by atoms with Crippen molar-refractivity contribution in [2.24, 2.45) is 0 Å². The van der Waals surface area contributed by atoms with Crippen molar-refractivity contribution in [3.63, 3.8) is 0 Å². The number of hydrogen-bond acceptors (Lipinski definition) is 4. The van der Waals surface area contributed by atoms with Gasteiger partial charge in [-0.3, -0.25) is 0 Å². The molecule has 18 heavy (non-hydrogen) atoms. The molecule has 0 spiro atoms. The zero-order chi connectivity index (χ0) is 13.5. The lowest BCUT2D eigenvalue weighted by atomic mass is 10.4. The summed E-state index contributed by atoms with van der Waals surface area (Å²) in [5.41, 5.74) is -0.460. The number of carbonyl (C=O) groups is 1. The van der Waals surface area contributed by atoms with Crippen molar-refractivity contribution in [1.82, 2.24) is 14.7 Å². The average molecular weight is 280 g/mol. The van der Waals surface area contributed by atoms with Crippen LogP contribution in [0.1, 0.15) is 12.7 Å². The van der Waals surface area contributed by atoms with E-state index < -0.39 is 18.0 Å². The molecule has 0 radical (unpaired) electrons. The first-order valence-corrected chi connectivity index (χ1v) is 4.97. The molecule has 0 saturated heterocycles. The van der Waals surface area contributed by atoms with Crippen molar-refractivity contribution in [3.05, 3.63) is 23.1 Å². The second kappa shape index (κ2) is 4.13. The van der Waals surface area contributed by atoms with Crippen LogP contribution in [0.15, 0.2) is 12.3 Å². The molecular weight excluding hydrogens is 275 g/mol. The largest absolute Gasteiger partial charge is 0.453 e. The zero-order valence-corrected chi connectivity index (χ0v) is 9.58. The van der Waals surface area contributed by atoms with Gasteiger partial charge in [0.05, 0.1) is 5.02 Å². The van der Waals surface area contributed by atoms with Gasteiger partial charge in [-0.05, 0) is 6.07 Å². The number of imidazole rings is 1. The van der Waals surface area contributed by atoms with Crippen LogP contribution in [0.3, 0.4) is 0 Å². The second-order valence-corrected chi connectivity index (χ2v) is 3.68. The van der Waals surface area contributed by atoms with E-state index in [0.29, 0.717) is 0 Å². The Hall–Kier alpha value is -1.83. The minimum absolute atomic E-state index is 0.0516. The molecule has 0 aliphatic carbocycles. The van der Waals surface area contributed by atoms with Gasteiger partial charge in [0.2, 0.25) is 0 Å². The Kier molecular flexibility index (Phi) is 2.89. The molecule has 0 aliphatic heterocycles. The van der Waals surface area contributed by atoms with Gasteiger partial charge in [0.25, 0.3) is 5.82 Å². The lowest BCUT2D eigenvalue weighted by molar-refractivity contribution is -0.161. The molecular formula is C9H5ClF3N3O2. The highest BCUT2D eigenvalue weighted by Crippen LogP contribution is 2.32. The molecule has 96 valence electrons. The number of alkyl halides is 3. The number of carbonyl (C=O) groups excluding carboxylic acids is 1. The minimum Gasteiger partial charge on any atom is -0.335 e. The molecule has 2 aromatic heterocycles. The second-order valence-electron chi connectivity index (χ2n) is 3.28. The van der Waals surface area contributed by atoms with E-state index in [1.165, 1.54) is 12.3 Å². The predicted molar refractivity (Wildman–Crippen MR) is 54.8 cm³/mol. The van der Waals surface area contributed by atoms with Crippen LogP contribution < -0.4 is 4.84 Å². The first-order chi connectivity index (χ1) is 8.30. The van der Waals surface area contributed by atoms with Gasteiger partial charge in [-0.2, -0.15) is 13.2 Å². The molecule has 2 heterocycles. The highest BCUT2D eigenvalue weighted by molar-refractivity contribution is 6.34. The summed E-state index contributed by atoms with van der Waals surface area (Å²) in [5, 5.41) is -0.0516. The summed E-state index contributed by atoms with van der Waals surface area (Å²) in [6.07, 6.45) is -3.59. The van der Waals surface area contributed by atoms with Crippen molar-refractivity contribution in [1.29, 1.82) is 0 Å². The van der Waals surface area contributed by atoms with E-state index in [0.717, 1.165) is 6.92 Å². The molecule has 5 nitrogen and oxygen atoms in total. The Bertz CT molecular complexity index is 623. The Labute approximate surface area is 103 Å². The first kappa shape index (κ1) is 12.6. The molecule has 0 bridgehead atoms. The van der Waals surface area contributed by atoms with E-state index in [1.807, 2.05) is 0 Å². The van der Waals surface area contributed by atoms with Crippen LogP contribution in [0, 0.1) is 0 Å². The lowest BCUT2D eigenvalue weighted by Gasteiger charge is -2.09. The van der Waals surface area contributed by atoms with Gasteiger partial charge in [0.1, 0.15) is 5.52 Å². The summed E-state index contributed by atoms with van der Waals surface area (Å²) >= 11 is 5.75. The lowest BCUT2D eigenvalue weighted by Crippen LogP contribution is -2.23. The van der Waals surface area contributed by atoms with Crippen LogP contribution in [0.5, 0.6) is 0 Å². The quantitative estimate of drug-likeness (QED) is 0.802. The number of rotatable bonds is 1. The SMILES string of the molecule is CC(=O)On1c(C(F)(F)F)nc2nccc(Cl)c21. The van der Waals surface area contributed by atoms with Crippen molar-refractivity contribution in [2.75, 3.05) is 0 Å². The summed E-state index contributed by atoms with van der Waals surface area (Å²) in [4.78, 5) is 22.2. The number of halogens is 4. The molecule has 9 heteroatoms. The fraction of sp³-hybridized carbons (Fsp3) is 0.222. The van der Waals surface area contributed by atoms with Gasteiger partial charge in [-0.1, -0.05) is 11.6 Å². The molecule has 0 aliphatic rings. The van der Waals surface area contributed by atoms with E-state index in [2.05, 4.69) is 14.8 Å². The summed E-state index contributed by atoms with van der Waals surface area (Å²) in [7, 11) is 0. The Morgan fingerprint density at radius 1 is 1.50 bits per heavy atom. The first-order valence-electron chi connectivity index (χ1n) is 4.59. The number of nitrogens with zero attached hydrogens (tertiary/aromatic N) is 3. The van der Waals surface area contributed by atoms with E-state index in [9.17, 15) is 18.0 Å². The van der Waals surface area contributed by atoms with Crippen molar-refractivity contribution in [2.45, 2.75) is 13.1 Å². The van der Waals surface area contributed by atoms with E-state index in [1.54, 1.807) is 0 Å². The van der Waals surface area contributed by atoms with Crippen LogP contribution in [0.2, 0.25) is 5.02 Å². The fourth-order valence-corrected chi connectivity index (χ4v) is 1.56. The Balaban J connectivity index is 2.78. The Morgan fingerprint density at radius 3 is 2.72 bits per heavy atom. The summed E-state index contributed by atoms with van der Waals surface area (Å²) in [6.45, 7) is 0.969. The maximum absolute atomic E-state index is 12.7. The summed E-state index contributed by atoms with van der Waals surface area (Å²) in [6, 6.07) is 1.27. The van der Waals surface area contributed by atoms with Gasteiger partial charge in [0, 0.05) is 13.1 Å². The van der Waals surface area contributed by atoms with Crippen molar-refractivity contribution < 1.29 is 22.8 Å². The molecule has 0 aromatic carbocycles. The topological polar surface area (TPSA) is 57.0 Å². The standard InChI is InChI=1S/C9H5ClF3N3O2/c1-4(17)18-16-6-5(10)2-3-14-7(6)15-8(16)9(11,12)13/h2-3H,1H3. The van der Waals surface area contributed by atoms with Crippen LogP contribution in [-0.4, -0.2) is 20.7 Å². The zero-order valence-electron chi connectivity index (χ0n) is 8.82. The number of aromatic nitrogens is 3. The van der Waals surface area contributed by atoms with Crippen LogP contribution >= 0.6 is 11.6 Å². The van der Waals surface area contributed by atoms with Gasteiger partial charge in [-0.15, -0.1) is 4.73 Å². The summed E-state index contributed by atoms with van der Waals surface area (Å²) < 4.78 is 38.4.